The largest absolute Gasteiger partial charge is 0.423 e. The fourth-order valence-corrected chi connectivity index (χ4v) is 2.77. The lowest BCUT2D eigenvalue weighted by Crippen LogP contribution is -2.22. The summed E-state index contributed by atoms with van der Waals surface area (Å²) < 4.78 is 16.5. The lowest BCUT2D eigenvalue weighted by atomic mass is 10.1. The SMILES string of the molecule is NC[C@H](Cc1ccc(OC(=O)c2ccccc2)cc1)P(=O)(O)O. The molecule has 0 aliphatic heterocycles. The zero-order chi connectivity index (χ0) is 16.9. The highest BCUT2D eigenvalue weighted by Gasteiger charge is 2.27. The number of hydrogen-bond acceptors (Lipinski definition) is 4. The average molecular weight is 335 g/mol. The van der Waals surface area contributed by atoms with Crippen molar-refractivity contribution in [2.45, 2.75) is 12.1 Å². The van der Waals surface area contributed by atoms with E-state index in [0.29, 0.717) is 16.9 Å². The van der Waals surface area contributed by atoms with E-state index in [2.05, 4.69) is 0 Å². The number of carbonyl (C=O) groups is 1. The summed E-state index contributed by atoms with van der Waals surface area (Å²) in [4.78, 5) is 30.3. The summed E-state index contributed by atoms with van der Waals surface area (Å²) >= 11 is 0. The molecule has 0 aromatic heterocycles. The van der Waals surface area contributed by atoms with Crippen molar-refractivity contribution >= 4 is 13.6 Å². The van der Waals surface area contributed by atoms with Crippen molar-refractivity contribution in [3.05, 3.63) is 65.7 Å². The van der Waals surface area contributed by atoms with Crippen molar-refractivity contribution in [3.63, 3.8) is 0 Å². The first-order valence-electron chi connectivity index (χ1n) is 7.01. The van der Waals surface area contributed by atoms with Crippen molar-refractivity contribution in [3.8, 4) is 5.75 Å². The minimum atomic E-state index is -4.23. The van der Waals surface area contributed by atoms with E-state index in [1.807, 2.05) is 0 Å². The zero-order valence-corrected chi connectivity index (χ0v) is 13.2. The monoisotopic (exact) mass is 335 g/mol. The highest BCUT2D eigenvalue weighted by Crippen LogP contribution is 2.42. The third-order valence-corrected chi connectivity index (χ3v) is 4.71. The molecule has 1 atom stereocenters. The Morgan fingerprint density at radius 2 is 1.70 bits per heavy atom. The van der Waals surface area contributed by atoms with Gasteiger partial charge in [0.15, 0.2) is 0 Å². The van der Waals surface area contributed by atoms with Gasteiger partial charge in [-0.1, -0.05) is 30.3 Å². The summed E-state index contributed by atoms with van der Waals surface area (Å²) in [5, 5.41) is 0. The Morgan fingerprint density at radius 1 is 1.09 bits per heavy atom. The molecule has 0 fully saturated rings. The maximum Gasteiger partial charge on any atom is 0.343 e. The molecule has 0 spiro atoms. The van der Waals surface area contributed by atoms with Crippen LogP contribution in [0.5, 0.6) is 5.75 Å². The fourth-order valence-electron chi connectivity index (χ4n) is 2.05. The van der Waals surface area contributed by atoms with Crippen LogP contribution < -0.4 is 10.5 Å². The van der Waals surface area contributed by atoms with Crippen LogP contribution in [0.3, 0.4) is 0 Å². The van der Waals surface area contributed by atoms with Crippen molar-refractivity contribution in [1.29, 1.82) is 0 Å². The van der Waals surface area contributed by atoms with Gasteiger partial charge >= 0.3 is 13.6 Å². The van der Waals surface area contributed by atoms with Gasteiger partial charge < -0.3 is 20.3 Å². The molecule has 2 rings (SSSR count). The number of hydrogen-bond donors (Lipinski definition) is 3. The van der Waals surface area contributed by atoms with Gasteiger partial charge in [0.25, 0.3) is 0 Å². The molecule has 0 aliphatic rings. The Morgan fingerprint density at radius 3 is 2.22 bits per heavy atom. The van der Waals surface area contributed by atoms with E-state index in [0.717, 1.165) is 0 Å². The minimum absolute atomic E-state index is 0.102. The van der Waals surface area contributed by atoms with E-state index in [9.17, 15) is 19.1 Å². The molecule has 23 heavy (non-hydrogen) atoms. The molecule has 122 valence electrons. The van der Waals surface area contributed by atoms with Crippen LogP contribution in [0.25, 0.3) is 0 Å². The van der Waals surface area contributed by atoms with Gasteiger partial charge in [-0.25, -0.2) is 4.79 Å². The maximum atomic E-state index is 11.9. The second-order valence-electron chi connectivity index (χ2n) is 5.08. The first-order chi connectivity index (χ1) is 10.9. The molecule has 6 nitrogen and oxygen atoms in total. The van der Waals surface area contributed by atoms with Crippen LogP contribution in [0.15, 0.2) is 54.6 Å². The van der Waals surface area contributed by atoms with E-state index in [-0.39, 0.29) is 13.0 Å². The van der Waals surface area contributed by atoms with Crippen LogP contribution >= 0.6 is 7.60 Å². The van der Waals surface area contributed by atoms with Gasteiger partial charge in [0.1, 0.15) is 5.75 Å². The molecule has 0 bridgehead atoms. The second kappa shape index (κ2) is 7.53. The van der Waals surface area contributed by atoms with Crippen LogP contribution in [0, 0.1) is 0 Å². The van der Waals surface area contributed by atoms with Crippen LogP contribution in [0.4, 0.5) is 0 Å². The third-order valence-electron chi connectivity index (χ3n) is 3.36. The number of ether oxygens (including phenoxy) is 1. The van der Waals surface area contributed by atoms with E-state index in [1.54, 1.807) is 54.6 Å². The van der Waals surface area contributed by atoms with E-state index in [4.69, 9.17) is 10.5 Å². The van der Waals surface area contributed by atoms with Crippen LogP contribution in [-0.4, -0.2) is 28.0 Å². The highest BCUT2D eigenvalue weighted by atomic mass is 31.2. The first-order valence-corrected chi connectivity index (χ1v) is 8.70. The number of benzene rings is 2. The molecule has 0 aliphatic carbocycles. The smallest absolute Gasteiger partial charge is 0.343 e. The fraction of sp³-hybridized carbons (Fsp3) is 0.188. The predicted octanol–water partition coefficient (Wildman–Crippen LogP) is 1.95. The molecule has 7 heteroatoms. The van der Waals surface area contributed by atoms with Crippen LogP contribution in [0.2, 0.25) is 0 Å². The van der Waals surface area contributed by atoms with Crippen LogP contribution in [-0.2, 0) is 11.0 Å². The Bertz CT molecular complexity index is 696. The number of carbonyl (C=O) groups excluding carboxylic acids is 1. The standard InChI is InChI=1S/C16H18NO5P/c17-11-15(23(19,20)21)10-12-6-8-14(9-7-12)22-16(18)13-4-2-1-3-5-13/h1-9,15H,10-11,17H2,(H2,19,20,21)/t15-/m0/s1. The quantitative estimate of drug-likeness (QED) is 0.423. The molecule has 0 saturated carbocycles. The number of esters is 1. The van der Waals surface area contributed by atoms with Crippen molar-refractivity contribution in [2.24, 2.45) is 5.73 Å². The first kappa shape index (κ1) is 17.4. The maximum absolute atomic E-state index is 11.9. The minimum Gasteiger partial charge on any atom is -0.423 e. The molecule has 0 amide bonds. The van der Waals surface area contributed by atoms with Gasteiger partial charge in [-0.3, -0.25) is 4.57 Å². The summed E-state index contributed by atoms with van der Waals surface area (Å²) in [5.74, 6) is -0.100. The highest BCUT2D eigenvalue weighted by molar-refractivity contribution is 7.52. The Balaban J connectivity index is 2.02. The molecular weight excluding hydrogens is 317 g/mol. The molecule has 2 aromatic carbocycles. The molecular formula is C16H18NO5P. The van der Waals surface area contributed by atoms with Gasteiger partial charge in [-0.05, 0) is 36.2 Å². The Labute approximate surface area is 134 Å². The summed E-state index contributed by atoms with van der Waals surface area (Å²) in [6.07, 6.45) is 0.160. The number of rotatable bonds is 6. The van der Waals surface area contributed by atoms with Gasteiger partial charge in [-0.2, -0.15) is 0 Å². The topological polar surface area (TPSA) is 110 Å². The summed E-state index contributed by atoms with van der Waals surface area (Å²) in [5.41, 5.74) is 5.65. The normalized spacial score (nSPS) is 12.7. The molecule has 0 unspecified atom stereocenters. The Hall–Kier alpha value is -1.98. The van der Waals surface area contributed by atoms with E-state index in [1.165, 1.54) is 0 Å². The van der Waals surface area contributed by atoms with Gasteiger partial charge in [0, 0.05) is 6.54 Å². The van der Waals surface area contributed by atoms with Gasteiger partial charge in [0.05, 0.1) is 11.2 Å². The summed E-state index contributed by atoms with van der Waals surface area (Å²) in [6.45, 7) is -0.102. The predicted molar refractivity (Wildman–Crippen MR) is 86.4 cm³/mol. The lowest BCUT2D eigenvalue weighted by Gasteiger charge is -2.16. The van der Waals surface area contributed by atoms with Gasteiger partial charge in [-0.15, -0.1) is 0 Å². The van der Waals surface area contributed by atoms with E-state index < -0.39 is 19.2 Å². The molecule has 2 aromatic rings. The molecule has 0 saturated heterocycles. The van der Waals surface area contributed by atoms with Crippen molar-refractivity contribution in [1.82, 2.24) is 0 Å². The molecule has 4 N–H and O–H groups in total. The van der Waals surface area contributed by atoms with Crippen LogP contribution in [0.1, 0.15) is 15.9 Å². The third kappa shape index (κ3) is 5.01. The van der Waals surface area contributed by atoms with Gasteiger partial charge in [0.2, 0.25) is 0 Å². The van der Waals surface area contributed by atoms with E-state index >= 15 is 0 Å². The average Bonchev–Trinajstić information content (AvgIpc) is 2.53. The Kier molecular flexibility index (Phi) is 5.69. The van der Waals surface area contributed by atoms with Crippen molar-refractivity contribution < 1.29 is 23.9 Å². The van der Waals surface area contributed by atoms with Crippen molar-refractivity contribution in [2.75, 3.05) is 6.54 Å². The molecule has 0 radical (unpaired) electrons. The second-order valence-corrected chi connectivity index (χ2v) is 6.99. The summed E-state index contributed by atoms with van der Waals surface area (Å²) in [6, 6.07) is 15.1. The summed E-state index contributed by atoms with van der Waals surface area (Å²) in [7, 11) is -4.23. The lowest BCUT2D eigenvalue weighted by molar-refractivity contribution is 0.0734. The number of nitrogens with two attached hydrogens (primary N) is 1. The zero-order valence-electron chi connectivity index (χ0n) is 12.3. The molecule has 0 heterocycles.